The van der Waals surface area contributed by atoms with Gasteiger partial charge in [-0.1, -0.05) is 32.9 Å². The minimum atomic E-state index is -0.0782. The van der Waals surface area contributed by atoms with E-state index in [4.69, 9.17) is 4.74 Å². The van der Waals surface area contributed by atoms with Crippen molar-refractivity contribution in [3.05, 3.63) is 58.7 Å². The molecule has 3 nitrogen and oxygen atoms in total. The largest absolute Gasteiger partial charge is 0.496 e. The minimum absolute atomic E-state index is 0.0321. The summed E-state index contributed by atoms with van der Waals surface area (Å²) >= 11 is 1.69. The predicted octanol–water partition coefficient (Wildman–Crippen LogP) is 5.73. The van der Waals surface area contributed by atoms with E-state index in [0.29, 0.717) is 5.92 Å². The zero-order chi connectivity index (χ0) is 19.3. The molecule has 26 heavy (non-hydrogen) atoms. The number of benzene rings is 2. The summed E-state index contributed by atoms with van der Waals surface area (Å²) in [5, 5.41) is 3.16. The quantitative estimate of drug-likeness (QED) is 0.632. The number of carbonyl (C=O) groups is 1. The van der Waals surface area contributed by atoms with E-state index in [1.165, 1.54) is 0 Å². The van der Waals surface area contributed by atoms with Gasteiger partial charge in [0.2, 0.25) is 0 Å². The van der Waals surface area contributed by atoms with Gasteiger partial charge in [0.15, 0.2) is 0 Å². The lowest BCUT2D eigenvalue weighted by Crippen LogP contribution is -2.27. The summed E-state index contributed by atoms with van der Waals surface area (Å²) in [6.45, 7) is 10.5. The molecular weight excluding hydrogens is 342 g/mol. The lowest BCUT2D eigenvalue weighted by atomic mass is 9.93. The Morgan fingerprint density at radius 3 is 2.46 bits per heavy atom. The van der Waals surface area contributed by atoms with Crippen molar-refractivity contribution in [2.75, 3.05) is 12.9 Å². The van der Waals surface area contributed by atoms with Crippen LogP contribution in [0.25, 0.3) is 0 Å². The molecule has 0 spiro atoms. The number of carbonyl (C=O) groups excluding carboxylic acids is 1. The van der Waals surface area contributed by atoms with Gasteiger partial charge in [0.25, 0.3) is 5.91 Å². The Labute approximate surface area is 161 Å². The molecule has 2 aromatic rings. The number of methoxy groups -OCH3 is 1. The normalized spacial score (nSPS) is 12.1. The standard InChI is InChI=1S/C22H29NO2S/c1-7-26-21-11-9-8-10-17(21)22(24)23-16(5)19-13-18(14(2)3)20(25-6)12-15(19)4/h8-14,16H,7H2,1-6H3,(H,23,24). The van der Waals surface area contributed by atoms with E-state index in [1.807, 2.05) is 31.2 Å². The van der Waals surface area contributed by atoms with Gasteiger partial charge in [0, 0.05) is 4.90 Å². The Kier molecular flexibility index (Phi) is 7.15. The average molecular weight is 372 g/mol. The van der Waals surface area contributed by atoms with Gasteiger partial charge in [-0.25, -0.2) is 0 Å². The van der Waals surface area contributed by atoms with Crippen molar-refractivity contribution < 1.29 is 9.53 Å². The predicted molar refractivity (Wildman–Crippen MR) is 111 cm³/mol. The van der Waals surface area contributed by atoms with Gasteiger partial charge < -0.3 is 10.1 Å². The van der Waals surface area contributed by atoms with E-state index in [0.717, 1.165) is 38.7 Å². The fourth-order valence-electron chi connectivity index (χ4n) is 3.10. The Bertz CT molecular complexity index is 771. The van der Waals surface area contributed by atoms with Gasteiger partial charge >= 0.3 is 0 Å². The molecule has 0 aliphatic heterocycles. The smallest absolute Gasteiger partial charge is 0.252 e. The van der Waals surface area contributed by atoms with Crippen molar-refractivity contribution in [2.45, 2.75) is 51.5 Å². The van der Waals surface area contributed by atoms with Crippen LogP contribution < -0.4 is 10.1 Å². The number of thioether (sulfide) groups is 1. The lowest BCUT2D eigenvalue weighted by molar-refractivity contribution is 0.0937. The molecule has 1 amide bonds. The Hall–Kier alpha value is -1.94. The molecule has 0 aliphatic rings. The highest BCUT2D eigenvalue weighted by Crippen LogP contribution is 2.32. The molecule has 140 valence electrons. The van der Waals surface area contributed by atoms with Crippen LogP contribution in [0, 0.1) is 6.92 Å². The second-order valence-electron chi connectivity index (χ2n) is 6.73. The van der Waals surface area contributed by atoms with E-state index in [2.05, 4.69) is 45.1 Å². The highest BCUT2D eigenvalue weighted by Gasteiger charge is 2.18. The average Bonchev–Trinajstić information content (AvgIpc) is 2.61. The van der Waals surface area contributed by atoms with Crippen LogP contribution in [0.2, 0.25) is 0 Å². The number of nitrogens with one attached hydrogen (secondary N) is 1. The zero-order valence-electron chi connectivity index (χ0n) is 16.6. The molecule has 0 heterocycles. The second-order valence-corrected chi connectivity index (χ2v) is 8.04. The molecule has 0 bridgehead atoms. The van der Waals surface area contributed by atoms with Crippen molar-refractivity contribution in [3.8, 4) is 5.75 Å². The summed E-state index contributed by atoms with van der Waals surface area (Å²) in [7, 11) is 1.70. The fourth-order valence-corrected chi connectivity index (χ4v) is 3.90. The van der Waals surface area contributed by atoms with Crippen molar-refractivity contribution in [2.24, 2.45) is 0 Å². The Morgan fingerprint density at radius 1 is 1.15 bits per heavy atom. The molecule has 1 atom stereocenters. The van der Waals surface area contributed by atoms with Gasteiger partial charge in [-0.3, -0.25) is 4.79 Å². The highest BCUT2D eigenvalue weighted by molar-refractivity contribution is 7.99. The molecule has 0 aliphatic carbocycles. The second kappa shape index (κ2) is 9.13. The number of ether oxygens (including phenoxy) is 1. The third kappa shape index (κ3) is 4.61. The van der Waals surface area contributed by atoms with Crippen LogP contribution in [0.15, 0.2) is 41.3 Å². The maximum absolute atomic E-state index is 12.8. The van der Waals surface area contributed by atoms with E-state index in [9.17, 15) is 4.79 Å². The Morgan fingerprint density at radius 2 is 1.85 bits per heavy atom. The summed E-state index contributed by atoms with van der Waals surface area (Å²) < 4.78 is 5.53. The van der Waals surface area contributed by atoms with Crippen LogP contribution in [-0.4, -0.2) is 18.8 Å². The Balaban J connectivity index is 2.29. The molecule has 4 heteroatoms. The molecule has 1 unspecified atom stereocenters. The number of amides is 1. The van der Waals surface area contributed by atoms with Crippen LogP contribution in [0.3, 0.4) is 0 Å². The molecule has 0 radical (unpaired) electrons. The summed E-state index contributed by atoms with van der Waals surface area (Å²) in [5.41, 5.74) is 4.15. The van der Waals surface area contributed by atoms with Crippen molar-refractivity contribution in [3.63, 3.8) is 0 Å². The molecule has 0 fully saturated rings. The molecule has 2 aromatic carbocycles. The van der Waals surface area contributed by atoms with Crippen LogP contribution in [0.1, 0.15) is 66.7 Å². The molecule has 0 aromatic heterocycles. The summed E-state index contributed by atoms with van der Waals surface area (Å²) in [5.74, 6) is 2.17. The van der Waals surface area contributed by atoms with E-state index in [1.54, 1.807) is 18.9 Å². The summed E-state index contributed by atoms with van der Waals surface area (Å²) in [6.07, 6.45) is 0. The van der Waals surface area contributed by atoms with Gasteiger partial charge in [-0.15, -0.1) is 11.8 Å². The van der Waals surface area contributed by atoms with Crippen LogP contribution >= 0.6 is 11.8 Å². The third-order valence-electron chi connectivity index (χ3n) is 4.49. The molecular formula is C22H29NO2S. The van der Waals surface area contributed by atoms with Gasteiger partial charge in [-0.2, -0.15) is 0 Å². The monoisotopic (exact) mass is 371 g/mol. The van der Waals surface area contributed by atoms with Crippen LogP contribution in [-0.2, 0) is 0 Å². The highest BCUT2D eigenvalue weighted by atomic mass is 32.2. The first-order valence-electron chi connectivity index (χ1n) is 9.10. The number of rotatable bonds is 7. The van der Waals surface area contributed by atoms with E-state index >= 15 is 0 Å². The summed E-state index contributed by atoms with van der Waals surface area (Å²) in [4.78, 5) is 13.9. The molecule has 2 rings (SSSR count). The minimum Gasteiger partial charge on any atom is -0.496 e. The molecule has 0 saturated carbocycles. The summed E-state index contributed by atoms with van der Waals surface area (Å²) in [6, 6.07) is 11.9. The lowest BCUT2D eigenvalue weighted by Gasteiger charge is -2.21. The van der Waals surface area contributed by atoms with Gasteiger partial charge in [0.1, 0.15) is 5.75 Å². The number of aryl methyl sites for hydroxylation is 1. The number of hydrogen-bond donors (Lipinski definition) is 1. The van der Waals surface area contributed by atoms with Crippen LogP contribution in [0.5, 0.6) is 5.75 Å². The molecule has 0 saturated heterocycles. The zero-order valence-corrected chi connectivity index (χ0v) is 17.4. The first kappa shape index (κ1) is 20.4. The first-order chi connectivity index (χ1) is 12.4. The van der Waals surface area contributed by atoms with Crippen molar-refractivity contribution in [1.29, 1.82) is 0 Å². The third-order valence-corrected chi connectivity index (χ3v) is 5.44. The van der Waals surface area contributed by atoms with E-state index < -0.39 is 0 Å². The first-order valence-corrected chi connectivity index (χ1v) is 10.1. The van der Waals surface area contributed by atoms with Gasteiger partial charge in [-0.05, 0) is 66.5 Å². The van der Waals surface area contributed by atoms with Crippen molar-refractivity contribution in [1.82, 2.24) is 5.32 Å². The SMILES string of the molecule is CCSc1ccccc1C(=O)NC(C)c1cc(C(C)C)c(OC)cc1C. The van der Waals surface area contributed by atoms with Gasteiger partial charge in [0.05, 0.1) is 18.7 Å². The van der Waals surface area contributed by atoms with Crippen LogP contribution in [0.4, 0.5) is 0 Å². The molecule has 1 N–H and O–H groups in total. The van der Waals surface area contributed by atoms with Crippen molar-refractivity contribution >= 4 is 17.7 Å². The fraction of sp³-hybridized carbons (Fsp3) is 0.409. The van der Waals surface area contributed by atoms with E-state index in [-0.39, 0.29) is 11.9 Å². The maximum Gasteiger partial charge on any atom is 0.252 e. The topological polar surface area (TPSA) is 38.3 Å². The maximum atomic E-state index is 12.8. The number of hydrogen-bond acceptors (Lipinski definition) is 3.